The number of anilines is 1. The SMILES string of the molecule is CCc1noc(C(C)N2CCN(c3cc(C(F)(F)F)nc4ncnn34)CC2)n1. The lowest BCUT2D eigenvalue weighted by molar-refractivity contribution is -0.141. The van der Waals surface area contributed by atoms with E-state index >= 15 is 0 Å². The number of hydrogen-bond acceptors (Lipinski definition) is 8. The van der Waals surface area contributed by atoms with Crippen LogP contribution in [0.25, 0.3) is 5.78 Å². The Kier molecular flexibility index (Phi) is 4.65. The van der Waals surface area contributed by atoms with Gasteiger partial charge in [0.05, 0.1) is 6.04 Å². The van der Waals surface area contributed by atoms with E-state index in [1.807, 2.05) is 18.7 Å². The summed E-state index contributed by atoms with van der Waals surface area (Å²) in [6.07, 6.45) is -2.65. The fourth-order valence-corrected chi connectivity index (χ4v) is 3.24. The number of hydrogen-bond donors (Lipinski definition) is 0. The molecule has 3 aromatic heterocycles. The number of aryl methyl sites for hydroxylation is 1. The van der Waals surface area contributed by atoms with E-state index in [4.69, 9.17) is 4.52 Å². The summed E-state index contributed by atoms with van der Waals surface area (Å²) in [4.78, 5) is 15.8. The average Bonchev–Trinajstić information content (AvgIpc) is 3.35. The molecule has 0 radical (unpaired) electrons. The van der Waals surface area contributed by atoms with Crippen LogP contribution in [-0.2, 0) is 12.6 Å². The lowest BCUT2D eigenvalue weighted by atomic mass is 10.2. The highest BCUT2D eigenvalue weighted by molar-refractivity contribution is 5.48. The second-order valence-corrected chi connectivity index (χ2v) is 6.57. The Labute approximate surface area is 158 Å². The molecule has 1 atom stereocenters. The summed E-state index contributed by atoms with van der Waals surface area (Å²) in [5, 5.41) is 7.94. The summed E-state index contributed by atoms with van der Waals surface area (Å²) in [5.41, 5.74) is -0.975. The van der Waals surface area contributed by atoms with Gasteiger partial charge in [0, 0.05) is 38.7 Å². The van der Waals surface area contributed by atoms with E-state index in [2.05, 4.69) is 30.1 Å². The van der Waals surface area contributed by atoms with Crippen molar-refractivity contribution in [1.82, 2.24) is 34.6 Å². The van der Waals surface area contributed by atoms with Gasteiger partial charge in [-0.25, -0.2) is 4.98 Å². The van der Waals surface area contributed by atoms with Crippen molar-refractivity contribution < 1.29 is 17.7 Å². The van der Waals surface area contributed by atoms with Crippen molar-refractivity contribution in [2.75, 3.05) is 31.1 Å². The summed E-state index contributed by atoms with van der Waals surface area (Å²) in [6, 6.07) is 0.955. The first kappa shape index (κ1) is 18.6. The molecule has 9 nitrogen and oxygen atoms in total. The fraction of sp³-hybridized carbons (Fsp3) is 0.562. The monoisotopic (exact) mass is 396 g/mol. The molecule has 28 heavy (non-hydrogen) atoms. The number of nitrogens with zero attached hydrogens (tertiary/aromatic N) is 8. The van der Waals surface area contributed by atoms with Crippen molar-refractivity contribution in [3.8, 4) is 0 Å². The van der Waals surface area contributed by atoms with Gasteiger partial charge in [-0.3, -0.25) is 4.90 Å². The molecule has 3 aromatic rings. The molecule has 0 spiro atoms. The topological polar surface area (TPSA) is 88.5 Å². The quantitative estimate of drug-likeness (QED) is 0.662. The van der Waals surface area contributed by atoms with E-state index in [1.165, 1.54) is 10.8 Å². The lowest BCUT2D eigenvalue weighted by Gasteiger charge is -2.37. The Morgan fingerprint density at radius 1 is 1.18 bits per heavy atom. The number of halogens is 3. The molecule has 1 fully saturated rings. The maximum atomic E-state index is 13.2. The average molecular weight is 396 g/mol. The van der Waals surface area contributed by atoms with Crippen molar-refractivity contribution in [1.29, 1.82) is 0 Å². The Morgan fingerprint density at radius 2 is 1.93 bits per heavy atom. The summed E-state index contributed by atoms with van der Waals surface area (Å²) in [6.45, 7) is 6.24. The van der Waals surface area contributed by atoms with Crippen LogP contribution in [0.1, 0.15) is 37.3 Å². The highest BCUT2D eigenvalue weighted by Crippen LogP contribution is 2.31. The Morgan fingerprint density at radius 3 is 2.57 bits per heavy atom. The Bertz CT molecular complexity index is 960. The maximum absolute atomic E-state index is 13.2. The van der Waals surface area contributed by atoms with E-state index in [9.17, 15) is 13.2 Å². The molecule has 12 heteroatoms. The van der Waals surface area contributed by atoms with Crippen LogP contribution in [-0.4, -0.2) is 60.8 Å². The van der Waals surface area contributed by atoms with Gasteiger partial charge >= 0.3 is 6.18 Å². The molecule has 1 unspecified atom stereocenters. The molecule has 0 amide bonds. The molecule has 0 saturated carbocycles. The normalized spacial score (nSPS) is 17.4. The Hall–Kier alpha value is -2.76. The van der Waals surface area contributed by atoms with Crippen LogP contribution in [0, 0.1) is 0 Å². The predicted molar refractivity (Wildman–Crippen MR) is 91.7 cm³/mol. The number of aromatic nitrogens is 6. The fourth-order valence-electron chi connectivity index (χ4n) is 3.24. The molecule has 1 aliphatic rings. The van der Waals surface area contributed by atoms with Crippen LogP contribution in [0.2, 0.25) is 0 Å². The molecule has 1 saturated heterocycles. The largest absolute Gasteiger partial charge is 0.433 e. The van der Waals surface area contributed by atoms with E-state index in [-0.39, 0.29) is 11.8 Å². The zero-order valence-electron chi connectivity index (χ0n) is 15.4. The summed E-state index contributed by atoms with van der Waals surface area (Å²) in [5.74, 6) is 1.46. The zero-order valence-corrected chi connectivity index (χ0v) is 15.4. The molecule has 0 aliphatic carbocycles. The van der Waals surface area contributed by atoms with Crippen LogP contribution < -0.4 is 4.90 Å². The van der Waals surface area contributed by atoms with Crippen molar-refractivity contribution in [2.45, 2.75) is 32.5 Å². The number of rotatable bonds is 4. The highest BCUT2D eigenvalue weighted by atomic mass is 19.4. The molecule has 0 N–H and O–H groups in total. The van der Waals surface area contributed by atoms with Crippen LogP contribution in [0.5, 0.6) is 0 Å². The van der Waals surface area contributed by atoms with Crippen LogP contribution >= 0.6 is 0 Å². The summed E-state index contributed by atoms with van der Waals surface area (Å²) >= 11 is 0. The second-order valence-electron chi connectivity index (χ2n) is 6.57. The van der Waals surface area contributed by atoms with Gasteiger partial charge in [0.2, 0.25) is 5.89 Å². The van der Waals surface area contributed by atoms with Gasteiger partial charge < -0.3 is 9.42 Å². The number of alkyl halides is 3. The van der Waals surface area contributed by atoms with Crippen molar-refractivity contribution >= 4 is 11.6 Å². The maximum Gasteiger partial charge on any atom is 0.433 e. The first-order valence-corrected chi connectivity index (χ1v) is 8.96. The Balaban J connectivity index is 1.53. The van der Waals surface area contributed by atoms with Gasteiger partial charge in [-0.1, -0.05) is 12.1 Å². The predicted octanol–water partition coefficient (Wildman–Crippen LogP) is 1.97. The van der Waals surface area contributed by atoms with Gasteiger partial charge in [0.15, 0.2) is 11.5 Å². The molecule has 0 aromatic carbocycles. The summed E-state index contributed by atoms with van der Waals surface area (Å²) < 4.78 is 46.2. The minimum absolute atomic E-state index is 0.0653. The third kappa shape index (κ3) is 3.39. The number of piperazine rings is 1. The third-order valence-corrected chi connectivity index (χ3v) is 4.87. The molecule has 1 aliphatic heterocycles. The second kappa shape index (κ2) is 7.00. The van der Waals surface area contributed by atoms with Crippen molar-refractivity contribution in [3.63, 3.8) is 0 Å². The van der Waals surface area contributed by atoms with Crippen LogP contribution in [0.3, 0.4) is 0 Å². The van der Waals surface area contributed by atoms with E-state index in [1.54, 1.807) is 0 Å². The molecule has 4 heterocycles. The molecule has 0 bridgehead atoms. The van der Waals surface area contributed by atoms with Gasteiger partial charge in [-0.05, 0) is 6.92 Å². The van der Waals surface area contributed by atoms with E-state index < -0.39 is 11.9 Å². The molecule has 150 valence electrons. The third-order valence-electron chi connectivity index (χ3n) is 4.87. The summed E-state index contributed by atoms with van der Waals surface area (Å²) in [7, 11) is 0. The molecule has 4 rings (SSSR count). The first-order chi connectivity index (χ1) is 13.4. The van der Waals surface area contributed by atoms with Gasteiger partial charge in [-0.15, -0.1) is 0 Å². The van der Waals surface area contributed by atoms with Gasteiger partial charge in [0.1, 0.15) is 12.1 Å². The van der Waals surface area contributed by atoms with Gasteiger partial charge in [0.25, 0.3) is 5.78 Å². The van der Waals surface area contributed by atoms with Gasteiger partial charge in [-0.2, -0.15) is 32.8 Å². The van der Waals surface area contributed by atoms with Crippen molar-refractivity contribution in [2.24, 2.45) is 0 Å². The van der Waals surface area contributed by atoms with Crippen molar-refractivity contribution in [3.05, 3.63) is 29.8 Å². The van der Waals surface area contributed by atoms with E-state index in [0.29, 0.717) is 50.1 Å². The minimum atomic E-state index is -4.55. The lowest BCUT2D eigenvalue weighted by Crippen LogP contribution is -2.48. The smallest absolute Gasteiger partial charge is 0.354 e. The van der Waals surface area contributed by atoms with Crippen LogP contribution in [0.15, 0.2) is 16.9 Å². The molecular formula is C16H19F3N8O. The first-order valence-electron chi connectivity index (χ1n) is 8.96. The number of fused-ring (bicyclic) bond motifs is 1. The molecular weight excluding hydrogens is 377 g/mol. The van der Waals surface area contributed by atoms with Crippen LogP contribution in [0.4, 0.5) is 19.0 Å². The highest BCUT2D eigenvalue weighted by Gasteiger charge is 2.35. The van der Waals surface area contributed by atoms with E-state index in [0.717, 1.165) is 6.07 Å². The minimum Gasteiger partial charge on any atom is -0.354 e. The standard InChI is InChI=1S/C16H19F3N8O/c1-3-12-23-14(28-24-12)10(2)25-4-6-26(7-5-25)13-8-11(16(17,18)19)22-15-20-9-21-27(13)15/h8-10H,3-7H2,1-2H3. The zero-order chi connectivity index (χ0) is 19.9.